The number of phenolic OH excluding ortho intramolecular Hbond substituents is 2. The summed E-state index contributed by atoms with van der Waals surface area (Å²) in [6.45, 7) is 0.572. The Bertz CT molecular complexity index is 407. The van der Waals surface area contributed by atoms with E-state index in [0.29, 0.717) is 13.2 Å². The second kappa shape index (κ2) is 6.83. The number of methoxy groups -OCH3 is 1. The lowest BCUT2D eigenvalue weighted by molar-refractivity contribution is 0.0653. The van der Waals surface area contributed by atoms with Crippen molar-refractivity contribution in [3.8, 4) is 11.5 Å². The topological polar surface area (TPSA) is 90.2 Å². The van der Waals surface area contributed by atoms with Gasteiger partial charge in [-0.25, -0.2) is 0 Å². The van der Waals surface area contributed by atoms with Crippen LogP contribution in [0.15, 0.2) is 18.2 Å². The number of rotatable bonds is 6. The molecule has 1 rings (SSSR count). The minimum Gasteiger partial charge on any atom is -0.508 e. The van der Waals surface area contributed by atoms with Crippen LogP contribution in [0.4, 0.5) is 0 Å². The molecule has 0 fully saturated rings. The molecule has 0 radical (unpaired) electrons. The van der Waals surface area contributed by atoms with E-state index >= 15 is 0 Å². The molecule has 18 heavy (non-hydrogen) atoms. The summed E-state index contributed by atoms with van der Waals surface area (Å²) in [5, 5.41) is 27.8. The van der Waals surface area contributed by atoms with Crippen LogP contribution in [0.2, 0.25) is 0 Å². The van der Waals surface area contributed by atoms with Crippen molar-refractivity contribution in [2.75, 3.05) is 33.4 Å². The zero-order valence-electron chi connectivity index (χ0n) is 10.2. The van der Waals surface area contributed by atoms with Crippen LogP contribution in [0.25, 0.3) is 0 Å². The van der Waals surface area contributed by atoms with Gasteiger partial charge in [-0.3, -0.25) is 4.79 Å². The van der Waals surface area contributed by atoms with Gasteiger partial charge in [0.1, 0.15) is 11.5 Å². The number of aliphatic hydroxyl groups is 1. The molecule has 0 saturated heterocycles. The van der Waals surface area contributed by atoms with Crippen LogP contribution < -0.4 is 0 Å². The van der Waals surface area contributed by atoms with Crippen LogP contribution in [-0.2, 0) is 4.74 Å². The maximum atomic E-state index is 12.1. The Labute approximate surface area is 105 Å². The number of carbonyl (C=O) groups excluding carboxylic acids is 1. The van der Waals surface area contributed by atoms with Crippen LogP contribution in [-0.4, -0.2) is 59.5 Å². The number of aromatic hydroxyl groups is 2. The first-order valence-electron chi connectivity index (χ1n) is 5.51. The number of amides is 1. The van der Waals surface area contributed by atoms with Crippen molar-refractivity contribution in [3.63, 3.8) is 0 Å². The number of hydrogen-bond acceptors (Lipinski definition) is 5. The molecule has 1 aromatic carbocycles. The summed E-state index contributed by atoms with van der Waals surface area (Å²) in [6.07, 6.45) is 0. The summed E-state index contributed by atoms with van der Waals surface area (Å²) < 4.78 is 4.87. The molecular formula is C12H17NO5. The van der Waals surface area contributed by atoms with Crippen molar-refractivity contribution in [1.82, 2.24) is 4.90 Å². The van der Waals surface area contributed by atoms with Crippen molar-refractivity contribution in [2.45, 2.75) is 0 Å². The van der Waals surface area contributed by atoms with E-state index in [1.54, 1.807) is 0 Å². The molecule has 0 atom stereocenters. The summed E-state index contributed by atoms with van der Waals surface area (Å²) in [5.41, 5.74) is -0.000414. The maximum Gasteiger partial charge on any atom is 0.257 e. The van der Waals surface area contributed by atoms with Gasteiger partial charge in [-0.15, -0.1) is 0 Å². The summed E-state index contributed by atoms with van der Waals surface area (Å²) in [7, 11) is 1.51. The molecule has 0 aliphatic heterocycles. The SMILES string of the molecule is COCCN(CCO)C(=O)c1cc(O)ccc1O. The molecule has 0 aliphatic carbocycles. The highest BCUT2D eigenvalue weighted by Gasteiger charge is 2.18. The summed E-state index contributed by atoms with van der Waals surface area (Å²) in [4.78, 5) is 13.4. The van der Waals surface area contributed by atoms with Crippen LogP contribution in [0, 0.1) is 0 Å². The van der Waals surface area contributed by atoms with Gasteiger partial charge in [0.2, 0.25) is 0 Å². The minimum atomic E-state index is -0.463. The second-order valence-corrected chi connectivity index (χ2v) is 3.71. The van der Waals surface area contributed by atoms with E-state index in [2.05, 4.69) is 0 Å². The van der Waals surface area contributed by atoms with Crippen LogP contribution in [0.1, 0.15) is 10.4 Å². The van der Waals surface area contributed by atoms with E-state index in [1.165, 1.54) is 30.2 Å². The Kier molecular flexibility index (Phi) is 5.41. The fourth-order valence-corrected chi connectivity index (χ4v) is 1.50. The molecule has 6 nitrogen and oxygen atoms in total. The summed E-state index contributed by atoms with van der Waals surface area (Å²) in [6, 6.07) is 3.72. The number of nitrogens with zero attached hydrogens (tertiary/aromatic N) is 1. The Morgan fingerprint density at radius 1 is 1.33 bits per heavy atom. The van der Waals surface area contributed by atoms with E-state index in [9.17, 15) is 15.0 Å². The van der Waals surface area contributed by atoms with Crippen LogP contribution in [0.5, 0.6) is 11.5 Å². The minimum absolute atomic E-state index is 0.000414. The van der Waals surface area contributed by atoms with Gasteiger partial charge < -0.3 is 25.0 Å². The van der Waals surface area contributed by atoms with Crippen molar-refractivity contribution < 1.29 is 24.9 Å². The van der Waals surface area contributed by atoms with Crippen molar-refractivity contribution in [2.24, 2.45) is 0 Å². The Morgan fingerprint density at radius 2 is 2.06 bits per heavy atom. The summed E-state index contributed by atoms with van der Waals surface area (Å²) >= 11 is 0. The largest absolute Gasteiger partial charge is 0.508 e. The third-order valence-corrected chi connectivity index (χ3v) is 2.43. The first kappa shape index (κ1) is 14.3. The number of phenols is 2. The molecule has 1 aromatic rings. The Balaban J connectivity index is 2.90. The number of aliphatic hydroxyl groups excluding tert-OH is 1. The predicted molar refractivity (Wildman–Crippen MR) is 64.6 cm³/mol. The monoisotopic (exact) mass is 255 g/mol. The maximum absolute atomic E-state index is 12.1. The molecule has 6 heteroatoms. The standard InChI is InChI=1S/C12H17NO5/c1-18-7-5-13(4-6-14)12(17)10-8-9(15)2-3-11(10)16/h2-3,8,14-16H,4-7H2,1H3. The van der Waals surface area contributed by atoms with Gasteiger partial charge in [0.15, 0.2) is 0 Å². The molecular weight excluding hydrogens is 238 g/mol. The first-order chi connectivity index (χ1) is 8.60. The van der Waals surface area contributed by atoms with Gasteiger partial charge in [0.05, 0.1) is 18.8 Å². The van der Waals surface area contributed by atoms with Gasteiger partial charge in [-0.05, 0) is 18.2 Å². The van der Waals surface area contributed by atoms with Crippen molar-refractivity contribution >= 4 is 5.91 Å². The third-order valence-electron chi connectivity index (χ3n) is 2.43. The van der Waals surface area contributed by atoms with Gasteiger partial charge in [-0.2, -0.15) is 0 Å². The Morgan fingerprint density at radius 3 is 2.67 bits per heavy atom. The van der Waals surface area contributed by atoms with Gasteiger partial charge in [0.25, 0.3) is 5.91 Å². The molecule has 100 valence electrons. The van der Waals surface area contributed by atoms with E-state index in [-0.39, 0.29) is 30.2 Å². The number of carbonyl (C=O) groups is 1. The smallest absolute Gasteiger partial charge is 0.257 e. The lowest BCUT2D eigenvalue weighted by atomic mass is 10.1. The van der Waals surface area contributed by atoms with E-state index in [0.717, 1.165) is 0 Å². The van der Waals surface area contributed by atoms with Crippen molar-refractivity contribution in [1.29, 1.82) is 0 Å². The van der Waals surface area contributed by atoms with E-state index < -0.39 is 5.91 Å². The average Bonchev–Trinajstić information content (AvgIpc) is 2.36. The van der Waals surface area contributed by atoms with Gasteiger partial charge >= 0.3 is 0 Å². The quantitative estimate of drug-likeness (QED) is 0.631. The number of benzene rings is 1. The molecule has 3 N–H and O–H groups in total. The Hall–Kier alpha value is -1.79. The average molecular weight is 255 g/mol. The van der Waals surface area contributed by atoms with Crippen LogP contribution in [0.3, 0.4) is 0 Å². The highest BCUT2D eigenvalue weighted by molar-refractivity contribution is 5.97. The normalized spacial score (nSPS) is 10.3. The lowest BCUT2D eigenvalue weighted by Gasteiger charge is -2.21. The third kappa shape index (κ3) is 3.61. The predicted octanol–water partition coefficient (Wildman–Crippen LogP) is 0.179. The molecule has 0 bridgehead atoms. The number of ether oxygens (including phenoxy) is 1. The van der Waals surface area contributed by atoms with Crippen molar-refractivity contribution in [3.05, 3.63) is 23.8 Å². The van der Waals surface area contributed by atoms with E-state index in [4.69, 9.17) is 9.84 Å². The molecule has 0 spiro atoms. The zero-order valence-corrected chi connectivity index (χ0v) is 10.2. The highest BCUT2D eigenvalue weighted by atomic mass is 16.5. The molecule has 0 aliphatic rings. The molecule has 0 heterocycles. The van der Waals surface area contributed by atoms with Gasteiger partial charge in [0, 0.05) is 20.2 Å². The first-order valence-corrected chi connectivity index (χ1v) is 5.51. The summed E-state index contributed by atoms with van der Waals surface area (Å²) in [5.74, 6) is -0.778. The second-order valence-electron chi connectivity index (χ2n) is 3.71. The molecule has 0 aromatic heterocycles. The molecule has 0 saturated carbocycles. The number of hydrogen-bond donors (Lipinski definition) is 3. The van der Waals surface area contributed by atoms with Gasteiger partial charge in [-0.1, -0.05) is 0 Å². The van der Waals surface area contributed by atoms with Crippen LogP contribution >= 0.6 is 0 Å². The highest BCUT2D eigenvalue weighted by Crippen LogP contribution is 2.23. The molecule has 1 amide bonds. The zero-order chi connectivity index (χ0) is 13.5. The fourth-order valence-electron chi connectivity index (χ4n) is 1.50. The fraction of sp³-hybridized carbons (Fsp3) is 0.417. The lowest BCUT2D eigenvalue weighted by Crippen LogP contribution is -2.36. The van der Waals surface area contributed by atoms with E-state index in [1.807, 2.05) is 0 Å². The molecule has 0 unspecified atom stereocenters.